The molecular weight excluding hydrogens is 264 g/mol. The van der Waals surface area contributed by atoms with Crippen LogP contribution in [0.5, 0.6) is 0 Å². The summed E-state index contributed by atoms with van der Waals surface area (Å²) in [5.74, 6) is -0.217. The molecule has 8 nitrogen and oxygen atoms in total. The zero-order valence-corrected chi connectivity index (χ0v) is 11.6. The third-order valence-corrected chi connectivity index (χ3v) is 3.74. The van der Waals surface area contributed by atoms with Crippen LogP contribution in [0.15, 0.2) is 0 Å². The first-order chi connectivity index (χ1) is 9.68. The van der Waals surface area contributed by atoms with Crippen molar-refractivity contribution in [2.45, 2.75) is 38.8 Å². The van der Waals surface area contributed by atoms with Crippen molar-refractivity contribution in [3.05, 3.63) is 5.82 Å². The van der Waals surface area contributed by atoms with Crippen LogP contribution in [0.3, 0.4) is 0 Å². The van der Waals surface area contributed by atoms with Gasteiger partial charge in [0.2, 0.25) is 0 Å². The number of carboxylic acids is 1. The van der Waals surface area contributed by atoms with E-state index in [1.165, 1.54) is 0 Å². The molecule has 1 aliphatic rings. The van der Waals surface area contributed by atoms with E-state index in [4.69, 9.17) is 9.47 Å². The smallest absolute Gasteiger partial charge is 0.311 e. The fraction of sp³-hybridized carbons (Fsp3) is 0.833. The van der Waals surface area contributed by atoms with Crippen LogP contribution in [-0.2, 0) is 27.4 Å². The van der Waals surface area contributed by atoms with Gasteiger partial charge in [-0.1, -0.05) is 12.8 Å². The summed E-state index contributed by atoms with van der Waals surface area (Å²) in [6.07, 6.45) is 3.22. The summed E-state index contributed by atoms with van der Waals surface area (Å²) in [6, 6.07) is 0. The molecule has 20 heavy (non-hydrogen) atoms. The van der Waals surface area contributed by atoms with Crippen molar-refractivity contribution in [2.24, 2.45) is 5.41 Å². The molecule has 8 heteroatoms. The molecule has 0 radical (unpaired) electrons. The van der Waals surface area contributed by atoms with E-state index in [2.05, 4.69) is 15.5 Å². The summed E-state index contributed by atoms with van der Waals surface area (Å²) < 4.78 is 11.8. The van der Waals surface area contributed by atoms with Crippen molar-refractivity contribution in [3.8, 4) is 0 Å². The molecule has 0 spiro atoms. The van der Waals surface area contributed by atoms with Crippen molar-refractivity contribution in [1.29, 1.82) is 0 Å². The van der Waals surface area contributed by atoms with Gasteiger partial charge in [-0.15, -0.1) is 5.10 Å². The molecule has 0 aliphatic heterocycles. The maximum atomic E-state index is 11.5. The van der Waals surface area contributed by atoms with Crippen LogP contribution >= 0.6 is 0 Å². The summed E-state index contributed by atoms with van der Waals surface area (Å²) in [7, 11) is 1.60. The molecule has 0 unspecified atom stereocenters. The number of hydrogen-bond acceptors (Lipinski definition) is 6. The molecule has 0 saturated heterocycles. The third-order valence-electron chi connectivity index (χ3n) is 3.74. The Morgan fingerprint density at radius 3 is 2.80 bits per heavy atom. The van der Waals surface area contributed by atoms with E-state index in [0.717, 1.165) is 12.8 Å². The minimum absolute atomic E-state index is 0.256. The van der Waals surface area contributed by atoms with Gasteiger partial charge in [0, 0.05) is 7.11 Å². The van der Waals surface area contributed by atoms with Crippen molar-refractivity contribution in [3.63, 3.8) is 0 Å². The van der Waals surface area contributed by atoms with E-state index in [-0.39, 0.29) is 6.61 Å². The van der Waals surface area contributed by atoms with Gasteiger partial charge in [0.1, 0.15) is 6.61 Å². The normalized spacial score (nSPS) is 17.4. The second kappa shape index (κ2) is 6.76. The van der Waals surface area contributed by atoms with Gasteiger partial charge >= 0.3 is 5.97 Å². The molecule has 0 bridgehead atoms. The van der Waals surface area contributed by atoms with E-state index in [9.17, 15) is 9.90 Å². The van der Waals surface area contributed by atoms with E-state index in [0.29, 0.717) is 38.4 Å². The fourth-order valence-corrected chi connectivity index (χ4v) is 2.53. The van der Waals surface area contributed by atoms with Crippen LogP contribution in [0.1, 0.15) is 31.5 Å². The van der Waals surface area contributed by atoms with Gasteiger partial charge < -0.3 is 14.6 Å². The molecule has 112 valence electrons. The Morgan fingerprint density at radius 2 is 2.15 bits per heavy atom. The quantitative estimate of drug-likeness (QED) is 0.693. The average molecular weight is 284 g/mol. The Balaban J connectivity index is 1.98. The Labute approximate surface area is 117 Å². The number of methoxy groups -OCH3 is 1. The minimum Gasteiger partial charge on any atom is -0.481 e. The molecule has 1 aromatic heterocycles. The Bertz CT molecular complexity index is 442. The molecule has 1 N–H and O–H groups in total. The highest BCUT2D eigenvalue weighted by Crippen LogP contribution is 2.39. The van der Waals surface area contributed by atoms with Crippen LogP contribution in [0, 0.1) is 5.41 Å². The number of carbonyl (C=O) groups is 1. The number of aromatic nitrogens is 4. The largest absolute Gasteiger partial charge is 0.481 e. The van der Waals surface area contributed by atoms with Gasteiger partial charge in [0.15, 0.2) is 5.82 Å². The summed E-state index contributed by atoms with van der Waals surface area (Å²) >= 11 is 0. The van der Waals surface area contributed by atoms with Gasteiger partial charge in [0.25, 0.3) is 0 Å². The molecule has 1 heterocycles. The highest BCUT2D eigenvalue weighted by Gasteiger charge is 2.42. The number of ether oxygens (including phenoxy) is 2. The van der Waals surface area contributed by atoms with E-state index < -0.39 is 11.4 Å². The van der Waals surface area contributed by atoms with Crippen LogP contribution in [0.4, 0.5) is 0 Å². The van der Waals surface area contributed by atoms with Crippen LogP contribution in [0.25, 0.3) is 0 Å². The van der Waals surface area contributed by atoms with Crippen LogP contribution in [0.2, 0.25) is 0 Å². The average Bonchev–Trinajstić information content (AvgIpc) is 3.06. The number of hydrogen-bond donors (Lipinski definition) is 1. The Kier molecular flexibility index (Phi) is 5.02. The van der Waals surface area contributed by atoms with Gasteiger partial charge in [-0.2, -0.15) is 0 Å². The van der Waals surface area contributed by atoms with Crippen molar-refractivity contribution >= 4 is 5.97 Å². The maximum absolute atomic E-state index is 11.5. The molecule has 0 aromatic carbocycles. The second-order valence-corrected chi connectivity index (χ2v) is 5.09. The molecule has 1 aliphatic carbocycles. The summed E-state index contributed by atoms with van der Waals surface area (Å²) in [4.78, 5) is 11.5. The summed E-state index contributed by atoms with van der Waals surface area (Å²) in [6.45, 7) is 1.51. The van der Waals surface area contributed by atoms with Gasteiger partial charge in [-0.3, -0.25) is 4.79 Å². The predicted octanol–water partition coefficient (Wildman–Crippen LogP) is 0.481. The van der Waals surface area contributed by atoms with Gasteiger partial charge in [0.05, 0.1) is 25.2 Å². The van der Waals surface area contributed by atoms with Crippen molar-refractivity contribution in [2.75, 3.05) is 20.3 Å². The van der Waals surface area contributed by atoms with E-state index in [1.54, 1.807) is 11.8 Å². The topological polar surface area (TPSA) is 99.4 Å². The number of aliphatic carboxylic acids is 1. The first kappa shape index (κ1) is 14.9. The second-order valence-electron chi connectivity index (χ2n) is 5.09. The maximum Gasteiger partial charge on any atom is 0.311 e. The minimum atomic E-state index is -0.767. The van der Waals surface area contributed by atoms with Gasteiger partial charge in [-0.25, -0.2) is 4.68 Å². The van der Waals surface area contributed by atoms with E-state index >= 15 is 0 Å². The molecule has 1 fully saturated rings. The Morgan fingerprint density at radius 1 is 1.40 bits per heavy atom. The highest BCUT2D eigenvalue weighted by molar-refractivity contribution is 5.74. The predicted molar refractivity (Wildman–Crippen MR) is 67.9 cm³/mol. The molecule has 1 aromatic rings. The Hall–Kier alpha value is -1.54. The standard InChI is InChI=1S/C12H20N4O4/c1-19-6-7-20-8-10-13-14-15-16(10)9-12(11(17)18)4-2-3-5-12/h2-9H2,1H3,(H,17,18). The lowest BCUT2D eigenvalue weighted by Gasteiger charge is -2.23. The summed E-state index contributed by atoms with van der Waals surface area (Å²) in [5.41, 5.74) is -0.739. The van der Waals surface area contributed by atoms with Crippen molar-refractivity contribution < 1.29 is 19.4 Å². The number of rotatable bonds is 8. The molecule has 0 amide bonds. The first-order valence-electron chi connectivity index (χ1n) is 6.73. The fourth-order valence-electron chi connectivity index (χ4n) is 2.53. The third kappa shape index (κ3) is 3.31. The zero-order valence-electron chi connectivity index (χ0n) is 11.6. The first-order valence-corrected chi connectivity index (χ1v) is 6.73. The highest BCUT2D eigenvalue weighted by atomic mass is 16.5. The SMILES string of the molecule is COCCOCc1nnnn1CC1(C(=O)O)CCCC1. The lowest BCUT2D eigenvalue weighted by atomic mass is 9.86. The monoisotopic (exact) mass is 284 g/mol. The molecule has 0 atom stereocenters. The molecule has 2 rings (SSSR count). The lowest BCUT2D eigenvalue weighted by molar-refractivity contribution is -0.149. The van der Waals surface area contributed by atoms with Crippen LogP contribution in [-0.4, -0.2) is 51.6 Å². The lowest BCUT2D eigenvalue weighted by Crippen LogP contribution is -2.34. The number of nitrogens with zero attached hydrogens (tertiary/aromatic N) is 4. The zero-order chi connectivity index (χ0) is 14.4. The molecular formula is C12H20N4O4. The summed E-state index contributed by atoms with van der Waals surface area (Å²) in [5, 5.41) is 20.9. The van der Waals surface area contributed by atoms with E-state index in [1.807, 2.05) is 0 Å². The molecule has 1 saturated carbocycles. The van der Waals surface area contributed by atoms with Crippen molar-refractivity contribution in [1.82, 2.24) is 20.2 Å². The number of carboxylic acid groups (broad SMARTS) is 1. The number of tetrazole rings is 1. The van der Waals surface area contributed by atoms with Gasteiger partial charge in [-0.05, 0) is 23.3 Å². The van der Waals surface area contributed by atoms with Crippen LogP contribution < -0.4 is 0 Å².